The number of imide groups is 2. The van der Waals surface area contributed by atoms with E-state index >= 15 is 0 Å². The van der Waals surface area contributed by atoms with E-state index in [1.54, 1.807) is 24.3 Å². The second-order valence-electron chi connectivity index (χ2n) is 5.34. The minimum Gasteiger partial charge on any atom is -0.273 e. The summed E-state index contributed by atoms with van der Waals surface area (Å²) in [4.78, 5) is 37.8. The third kappa shape index (κ3) is 3.14. The van der Waals surface area contributed by atoms with Gasteiger partial charge in [0.05, 0.1) is 5.69 Å². The number of rotatable bonds is 2. The number of aryl methyl sites for hydroxylation is 1. The molecule has 0 spiro atoms. The highest BCUT2D eigenvalue weighted by Gasteiger charge is 2.36. The Balaban J connectivity index is 1.99. The van der Waals surface area contributed by atoms with E-state index in [4.69, 9.17) is 0 Å². The van der Waals surface area contributed by atoms with Gasteiger partial charge in [-0.15, -0.1) is 0 Å². The number of carbonyl (C=O) groups is 3. The monoisotopic (exact) mass is 384 g/mol. The molecule has 0 aliphatic carbocycles. The molecule has 1 fully saturated rings. The molecule has 5 nitrogen and oxygen atoms in total. The first-order valence-corrected chi connectivity index (χ1v) is 7.99. The maximum absolute atomic E-state index is 12.7. The highest BCUT2D eigenvalue weighted by atomic mass is 79.9. The molecule has 1 aliphatic heterocycles. The first-order valence-electron chi connectivity index (χ1n) is 7.19. The summed E-state index contributed by atoms with van der Waals surface area (Å²) >= 11 is 3.30. The van der Waals surface area contributed by atoms with E-state index in [0.717, 1.165) is 14.9 Å². The van der Waals surface area contributed by atoms with Crippen molar-refractivity contribution in [1.29, 1.82) is 0 Å². The van der Waals surface area contributed by atoms with Crippen LogP contribution in [-0.2, 0) is 9.59 Å². The Kier molecular flexibility index (Phi) is 4.31. The fourth-order valence-corrected chi connectivity index (χ4v) is 2.58. The zero-order chi connectivity index (χ0) is 17.3. The number of benzene rings is 2. The smallest absolute Gasteiger partial charge is 0.273 e. The van der Waals surface area contributed by atoms with Gasteiger partial charge >= 0.3 is 6.03 Å². The number of nitrogens with one attached hydrogen (secondary N) is 1. The topological polar surface area (TPSA) is 66.5 Å². The van der Waals surface area contributed by atoms with Crippen LogP contribution in [0.3, 0.4) is 0 Å². The molecular formula is C18H13BrN2O3. The molecule has 0 radical (unpaired) electrons. The number of carbonyl (C=O) groups excluding carboxylic acids is 3. The zero-order valence-electron chi connectivity index (χ0n) is 12.7. The van der Waals surface area contributed by atoms with Gasteiger partial charge in [0.15, 0.2) is 0 Å². The van der Waals surface area contributed by atoms with E-state index in [1.807, 2.05) is 31.2 Å². The quantitative estimate of drug-likeness (QED) is 0.637. The Morgan fingerprint density at radius 3 is 2.21 bits per heavy atom. The molecule has 1 saturated heterocycles. The number of hydrogen-bond donors (Lipinski definition) is 1. The van der Waals surface area contributed by atoms with Crippen molar-refractivity contribution in [2.45, 2.75) is 6.92 Å². The van der Waals surface area contributed by atoms with Gasteiger partial charge in [0, 0.05) is 4.47 Å². The predicted molar refractivity (Wildman–Crippen MR) is 94.3 cm³/mol. The summed E-state index contributed by atoms with van der Waals surface area (Å²) < 4.78 is 0.822. The third-order valence-corrected chi connectivity index (χ3v) is 4.10. The first kappa shape index (κ1) is 16.1. The molecule has 0 saturated carbocycles. The van der Waals surface area contributed by atoms with Crippen molar-refractivity contribution < 1.29 is 14.4 Å². The fourth-order valence-electron chi connectivity index (χ4n) is 2.31. The summed E-state index contributed by atoms with van der Waals surface area (Å²) in [6, 6.07) is 13.3. The SMILES string of the molecule is Cc1ccc(/C=C2\C(=O)NC(=O)N(c3ccc(Br)cc3)C2=O)cc1. The van der Waals surface area contributed by atoms with Crippen LogP contribution in [0.2, 0.25) is 0 Å². The number of amides is 4. The van der Waals surface area contributed by atoms with Gasteiger partial charge in [-0.2, -0.15) is 0 Å². The Morgan fingerprint density at radius 1 is 0.958 bits per heavy atom. The maximum Gasteiger partial charge on any atom is 0.335 e. The highest BCUT2D eigenvalue weighted by Crippen LogP contribution is 2.23. The van der Waals surface area contributed by atoms with E-state index < -0.39 is 17.8 Å². The van der Waals surface area contributed by atoms with E-state index in [-0.39, 0.29) is 5.57 Å². The van der Waals surface area contributed by atoms with Crippen molar-refractivity contribution >= 4 is 45.5 Å². The molecule has 1 heterocycles. The number of urea groups is 1. The van der Waals surface area contributed by atoms with Crippen LogP contribution in [0.15, 0.2) is 58.6 Å². The van der Waals surface area contributed by atoms with E-state index in [0.29, 0.717) is 11.3 Å². The molecule has 0 bridgehead atoms. The molecule has 0 atom stereocenters. The van der Waals surface area contributed by atoms with Crippen molar-refractivity contribution in [2.24, 2.45) is 0 Å². The van der Waals surface area contributed by atoms with Crippen molar-refractivity contribution in [3.63, 3.8) is 0 Å². The van der Waals surface area contributed by atoms with Crippen LogP contribution in [0.1, 0.15) is 11.1 Å². The van der Waals surface area contributed by atoms with Gasteiger partial charge in [0.2, 0.25) is 0 Å². The van der Waals surface area contributed by atoms with Crippen LogP contribution in [0, 0.1) is 6.92 Å². The third-order valence-electron chi connectivity index (χ3n) is 3.57. The minimum absolute atomic E-state index is 0.0821. The average molecular weight is 385 g/mol. The number of nitrogens with zero attached hydrogens (tertiary/aromatic N) is 1. The van der Waals surface area contributed by atoms with Gasteiger partial charge in [-0.1, -0.05) is 45.8 Å². The van der Waals surface area contributed by atoms with Crippen LogP contribution in [-0.4, -0.2) is 17.8 Å². The molecule has 1 N–H and O–H groups in total. The number of hydrogen-bond acceptors (Lipinski definition) is 3. The lowest BCUT2D eigenvalue weighted by molar-refractivity contribution is -0.122. The molecule has 3 rings (SSSR count). The van der Waals surface area contributed by atoms with Gasteiger partial charge in [0.1, 0.15) is 5.57 Å². The molecule has 2 aromatic carbocycles. The van der Waals surface area contributed by atoms with Gasteiger partial charge < -0.3 is 0 Å². The number of anilines is 1. The second kappa shape index (κ2) is 6.41. The molecule has 4 amide bonds. The van der Waals surface area contributed by atoms with Gasteiger partial charge in [-0.05, 0) is 42.8 Å². The summed E-state index contributed by atoms with van der Waals surface area (Å²) in [7, 11) is 0. The lowest BCUT2D eigenvalue weighted by Crippen LogP contribution is -2.54. The lowest BCUT2D eigenvalue weighted by Gasteiger charge is -2.26. The predicted octanol–water partition coefficient (Wildman–Crippen LogP) is 3.42. The van der Waals surface area contributed by atoms with Crippen molar-refractivity contribution in [3.8, 4) is 0 Å². The molecule has 6 heteroatoms. The van der Waals surface area contributed by atoms with Crippen molar-refractivity contribution in [3.05, 3.63) is 69.7 Å². The van der Waals surface area contributed by atoms with E-state index in [1.165, 1.54) is 6.08 Å². The second-order valence-corrected chi connectivity index (χ2v) is 6.26. The molecule has 1 aliphatic rings. The standard InChI is InChI=1S/C18H13BrN2O3/c1-11-2-4-12(5-3-11)10-15-16(22)20-18(24)21(17(15)23)14-8-6-13(19)7-9-14/h2-10H,1H3,(H,20,22,24)/b15-10+. The first-order chi connectivity index (χ1) is 11.5. The Morgan fingerprint density at radius 2 is 1.58 bits per heavy atom. The molecular weight excluding hydrogens is 372 g/mol. The summed E-state index contributed by atoms with van der Waals surface area (Å²) in [5.74, 6) is -1.34. The summed E-state index contributed by atoms with van der Waals surface area (Å²) in [6.07, 6.45) is 1.48. The van der Waals surface area contributed by atoms with Crippen molar-refractivity contribution in [2.75, 3.05) is 4.90 Å². The van der Waals surface area contributed by atoms with Crippen LogP contribution in [0.25, 0.3) is 6.08 Å². The van der Waals surface area contributed by atoms with Crippen LogP contribution in [0.4, 0.5) is 10.5 Å². The summed E-state index contributed by atoms with van der Waals surface area (Å²) in [6.45, 7) is 1.95. The molecule has 24 heavy (non-hydrogen) atoms. The average Bonchev–Trinajstić information content (AvgIpc) is 2.55. The molecule has 2 aromatic rings. The number of halogens is 1. The van der Waals surface area contributed by atoms with Crippen LogP contribution >= 0.6 is 15.9 Å². The van der Waals surface area contributed by atoms with E-state index in [2.05, 4.69) is 21.2 Å². The number of barbiturate groups is 1. The van der Waals surface area contributed by atoms with Gasteiger partial charge in [-0.25, -0.2) is 9.69 Å². The van der Waals surface area contributed by atoms with E-state index in [9.17, 15) is 14.4 Å². The molecule has 0 aromatic heterocycles. The highest BCUT2D eigenvalue weighted by molar-refractivity contribution is 9.10. The summed E-state index contributed by atoms with van der Waals surface area (Å²) in [5.41, 5.74) is 2.09. The van der Waals surface area contributed by atoms with Gasteiger partial charge in [-0.3, -0.25) is 14.9 Å². The van der Waals surface area contributed by atoms with Crippen LogP contribution in [0.5, 0.6) is 0 Å². The maximum atomic E-state index is 12.7. The molecule has 120 valence electrons. The van der Waals surface area contributed by atoms with Crippen molar-refractivity contribution in [1.82, 2.24) is 5.32 Å². The minimum atomic E-state index is -0.756. The largest absolute Gasteiger partial charge is 0.335 e. The van der Waals surface area contributed by atoms with Crippen LogP contribution < -0.4 is 10.2 Å². The summed E-state index contributed by atoms with van der Waals surface area (Å²) in [5, 5.41) is 2.20. The normalized spacial score (nSPS) is 16.5. The fraction of sp³-hybridized carbons (Fsp3) is 0.0556. The Bertz CT molecular complexity index is 855. The Hall–Kier alpha value is -2.73. The Labute approximate surface area is 147 Å². The lowest BCUT2D eigenvalue weighted by atomic mass is 10.1. The zero-order valence-corrected chi connectivity index (χ0v) is 14.3. The van der Waals surface area contributed by atoms with Gasteiger partial charge in [0.25, 0.3) is 11.8 Å². The molecule has 0 unspecified atom stereocenters.